The van der Waals surface area contributed by atoms with Crippen LogP contribution in [0.4, 0.5) is 5.69 Å². The summed E-state index contributed by atoms with van der Waals surface area (Å²) < 4.78 is 5.58. The van der Waals surface area contributed by atoms with E-state index in [1.807, 2.05) is 56.3 Å². The molecule has 1 heterocycles. The second kappa shape index (κ2) is 8.48. The molecule has 156 valence electrons. The number of ether oxygens (including phenoxy) is 1. The number of hydrogen-bond donors (Lipinski definition) is 1. The van der Waals surface area contributed by atoms with Gasteiger partial charge in [0, 0.05) is 17.3 Å². The van der Waals surface area contributed by atoms with Crippen LogP contribution in [0.2, 0.25) is 0 Å². The zero-order valence-electron chi connectivity index (χ0n) is 17.4. The summed E-state index contributed by atoms with van der Waals surface area (Å²) >= 11 is 0. The summed E-state index contributed by atoms with van der Waals surface area (Å²) in [4.78, 5) is 27.7. The van der Waals surface area contributed by atoms with Crippen molar-refractivity contribution in [3.8, 4) is 5.75 Å². The molecule has 3 aromatic carbocycles. The zero-order valence-corrected chi connectivity index (χ0v) is 17.4. The number of hydrogen-bond acceptors (Lipinski definition) is 4. The van der Waals surface area contributed by atoms with Crippen LogP contribution in [-0.2, 0) is 9.59 Å². The summed E-state index contributed by atoms with van der Waals surface area (Å²) in [6.07, 6.45) is 0. The number of nitrogens with zero attached hydrogens (tertiary/aromatic N) is 1. The van der Waals surface area contributed by atoms with Gasteiger partial charge < -0.3 is 9.84 Å². The summed E-state index contributed by atoms with van der Waals surface area (Å²) in [5.74, 6) is -0.979. The van der Waals surface area contributed by atoms with E-state index >= 15 is 0 Å². The Hall–Kier alpha value is -3.86. The normalized spacial score (nSPS) is 17.7. The van der Waals surface area contributed by atoms with Gasteiger partial charge in [-0.25, -0.2) is 0 Å². The molecule has 3 aromatic rings. The maximum atomic E-state index is 13.1. The van der Waals surface area contributed by atoms with Crippen molar-refractivity contribution in [1.82, 2.24) is 0 Å². The van der Waals surface area contributed by atoms with Gasteiger partial charge in [-0.3, -0.25) is 14.5 Å². The lowest BCUT2D eigenvalue weighted by Crippen LogP contribution is -2.29. The fraction of sp³-hybridized carbons (Fsp3) is 0.154. The maximum Gasteiger partial charge on any atom is 0.300 e. The van der Waals surface area contributed by atoms with Crippen LogP contribution in [0, 0.1) is 6.92 Å². The van der Waals surface area contributed by atoms with E-state index in [9.17, 15) is 14.7 Å². The minimum Gasteiger partial charge on any atom is -0.507 e. The van der Waals surface area contributed by atoms with E-state index in [0.29, 0.717) is 23.6 Å². The third kappa shape index (κ3) is 3.82. The predicted molar refractivity (Wildman–Crippen MR) is 120 cm³/mol. The lowest BCUT2D eigenvalue weighted by atomic mass is 9.95. The van der Waals surface area contributed by atoms with E-state index in [2.05, 4.69) is 0 Å². The quantitative estimate of drug-likeness (QED) is 0.362. The van der Waals surface area contributed by atoms with Crippen LogP contribution in [-0.4, -0.2) is 23.4 Å². The molecule has 0 aromatic heterocycles. The highest BCUT2D eigenvalue weighted by atomic mass is 16.5. The molecule has 1 aliphatic heterocycles. The molecular weight excluding hydrogens is 390 g/mol. The molecule has 5 heteroatoms. The molecule has 1 atom stereocenters. The van der Waals surface area contributed by atoms with Gasteiger partial charge in [-0.15, -0.1) is 0 Å². The monoisotopic (exact) mass is 413 g/mol. The molecule has 0 aliphatic carbocycles. The van der Waals surface area contributed by atoms with E-state index in [0.717, 1.165) is 11.1 Å². The van der Waals surface area contributed by atoms with Crippen molar-refractivity contribution in [3.63, 3.8) is 0 Å². The summed E-state index contributed by atoms with van der Waals surface area (Å²) in [5.41, 5.74) is 2.86. The number of Topliss-reactive ketones (excluding diaryl/α,β-unsaturated/α-hetero) is 1. The second-order valence-electron chi connectivity index (χ2n) is 7.38. The topological polar surface area (TPSA) is 66.8 Å². The predicted octanol–water partition coefficient (Wildman–Crippen LogP) is 5.02. The maximum absolute atomic E-state index is 13.1. The Kier molecular flexibility index (Phi) is 5.58. The van der Waals surface area contributed by atoms with Crippen molar-refractivity contribution in [1.29, 1.82) is 0 Å². The van der Waals surface area contributed by atoms with Crippen LogP contribution in [0.3, 0.4) is 0 Å². The number of amides is 1. The van der Waals surface area contributed by atoms with Crippen molar-refractivity contribution in [2.75, 3.05) is 11.5 Å². The number of ketones is 1. The minimum atomic E-state index is -0.751. The number of aliphatic hydroxyl groups is 1. The number of aliphatic hydroxyl groups excluding tert-OH is 1. The van der Waals surface area contributed by atoms with E-state index in [1.165, 1.54) is 4.90 Å². The first-order chi connectivity index (χ1) is 15.0. The van der Waals surface area contributed by atoms with Crippen LogP contribution in [0.15, 0.2) is 84.4 Å². The molecule has 1 saturated heterocycles. The van der Waals surface area contributed by atoms with E-state index in [1.54, 1.807) is 36.4 Å². The molecule has 1 amide bonds. The number of carbonyl (C=O) groups excluding carboxylic acids is 2. The largest absolute Gasteiger partial charge is 0.507 e. The number of carbonyl (C=O) groups is 2. The van der Waals surface area contributed by atoms with Crippen LogP contribution < -0.4 is 9.64 Å². The third-order valence-electron chi connectivity index (χ3n) is 5.29. The van der Waals surface area contributed by atoms with E-state index in [-0.39, 0.29) is 11.3 Å². The molecular formula is C26H23NO4. The second-order valence-corrected chi connectivity index (χ2v) is 7.38. The van der Waals surface area contributed by atoms with Gasteiger partial charge in [0.1, 0.15) is 11.5 Å². The van der Waals surface area contributed by atoms with Crippen molar-refractivity contribution in [2.24, 2.45) is 0 Å². The molecule has 1 fully saturated rings. The van der Waals surface area contributed by atoms with Gasteiger partial charge in [0.2, 0.25) is 0 Å². The van der Waals surface area contributed by atoms with Crippen molar-refractivity contribution >= 4 is 23.1 Å². The summed E-state index contributed by atoms with van der Waals surface area (Å²) in [6, 6.07) is 22.8. The molecule has 31 heavy (non-hydrogen) atoms. The molecule has 1 unspecified atom stereocenters. The average Bonchev–Trinajstić information content (AvgIpc) is 3.05. The molecule has 1 N–H and O–H groups in total. The van der Waals surface area contributed by atoms with Gasteiger partial charge in [-0.1, -0.05) is 66.2 Å². The first-order valence-corrected chi connectivity index (χ1v) is 10.2. The summed E-state index contributed by atoms with van der Waals surface area (Å²) in [5, 5.41) is 11.1. The fourth-order valence-electron chi connectivity index (χ4n) is 3.81. The SMILES string of the molecule is CCOc1cccc(N2C(=O)C(=O)/C(=C(/O)c3ccc(C)cc3)C2c2ccccc2)c1. The molecule has 4 rings (SSSR count). The fourth-order valence-corrected chi connectivity index (χ4v) is 3.81. The van der Waals surface area contributed by atoms with Gasteiger partial charge >= 0.3 is 0 Å². The lowest BCUT2D eigenvalue weighted by Gasteiger charge is -2.25. The molecule has 0 radical (unpaired) electrons. The first-order valence-electron chi connectivity index (χ1n) is 10.2. The third-order valence-corrected chi connectivity index (χ3v) is 5.29. The number of anilines is 1. The molecule has 0 bridgehead atoms. The average molecular weight is 413 g/mol. The van der Waals surface area contributed by atoms with Crippen molar-refractivity contribution in [2.45, 2.75) is 19.9 Å². The number of aryl methyl sites for hydroxylation is 1. The Balaban J connectivity index is 1.91. The van der Waals surface area contributed by atoms with Crippen molar-refractivity contribution < 1.29 is 19.4 Å². The van der Waals surface area contributed by atoms with E-state index in [4.69, 9.17) is 4.74 Å². The molecule has 0 spiro atoms. The standard InChI is InChI=1S/C26H23NO4/c1-3-31-21-11-7-10-20(16-21)27-23(18-8-5-4-6-9-18)22(25(29)26(27)30)24(28)19-14-12-17(2)13-15-19/h4-16,23,28H,3H2,1-2H3/b24-22+. The Bertz CT molecular complexity index is 1150. The van der Waals surface area contributed by atoms with Crippen molar-refractivity contribution in [3.05, 3.63) is 101 Å². The molecule has 0 saturated carbocycles. The first kappa shape index (κ1) is 20.4. The number of rotatable bonds is 5. The van der Waals surface area contributed by atoms with Gasteiger partial charge in [0.15, 0.2) is 0 Å². The number of benzene rings is 3. The Morgan fingerprint density at radius 2 is 1.68 bits per heavy atom. The van der Waals surface area contributed by atoms with Gasteiger partial charge in [-0.05, 0) is 31.5 Å². The van der Waals surface area contributed by atoms with Gasteiger partial charge in [-0.2, -0.15) is 0 Å². The zero-order chi connectivity index (χ0) is 22.0. The lowest BCUT2D eigenvalue weighted by molar-refractivity contribution is -0.132. The highest BCUT2D eigenvalue weighted by Gasteiger charge is 2.47. The smallest absolute Gasteiger partial charge is 0.300 e. The van der Waals surface area contributed by atoms with Crippen LogP contribution in [0.1, 0.15) is 29.7 Å². The molecule has 5 nitrogen and oxygen atoms in total. The van der Waals surface area contributed by atoms with Crippen LogP contribution >= 0.6 is 0 Å². The van der Waals surface area contributed by atoms with Crippen LogP contribution in [0.25, 0.3) is 5.76 Å². The highest BCUT2D eigenvalue weighted by molar-refractivity contribution is 6.51. The highest BCUT2D eigenvalue weighted by Crippen LogP contribution is 2.42. The summed E-state index contributed by atoms with van der Waals surface area (Å²) in [6.45, 7) is 4.31. The Morgan fingerprint density at radius 3 is 2.35 bits per heavy atom. The van der Waals surface area contributed by atoms with Gasteiger partial charge in [0.05, 0.1) is 18.2 Å². The Labute approximate surface area is 181 Å². The van der Waals surface area contributed by atoms with E-state index < -0.39 is 17.7 Å². The summed E-state index contributed by atoms with van der Waals surface area (Å²) in [7, 11) is 0. The van der Waals surface area contributed by atoms with Gasteiger partial charge in [0.25, 0.3) is 11.7 Å². The van der Waals surface area contributed by atoms with Crippen LogP contribution in [0.5, 0.6) is 5.75 Å². The minimum absolute atomic E-state index is 0.0712. The Morgan fingerprint density at radius 1 is 0.968 bits per heavy atom. The molecule has 1 aliphatic rings.